The molecule has 0 spiro atoms. The molecule has 0 bridgehead atoms. The van der Waals surface area contributed by atoms with Gasteiger partial charge in [-0.05, 0) is 30.3 Å². The second-order valence-corrected chi connectivity index (χ2v) is 5.99. The fourth-order valence-corrected chi connectivity index (χ4v) is 2.37. The Morgan fingerprint density at radius 1 is 0.714 bits per heavy atom. The molecule has 0 aromatic heterocycles. The lowest BCUT2D eigenvalue weighted by atomic mass is 10.3. The van der Waals surface area contributed by atoms with Crippen LogP contribution in [0.1, 0.15) is 0 Å². The minimum atomic E-state index is -0.506. The molecule has 0 heterocycles. The summed E-state index contributed by atoms with van der Waals surface area (Å²) >= 11 is 29.3. The van der Waals surface area contributed by atoms with Crippen LogP contribution >= 0.6 is 58.0 Å². The minimum absolute atomic E-state index is 0.272. The monoisotopic (exact) mass is 382 g/mol. The van der Waals surface area contributed by atoms with Crippen molar-refractivity contribution >= 4 is 75.4 Å². The Hall–Kier alpha value is -0.840. The van der Waals surface area contributed by atoms with Crippen LogP contribution in [-0.4, -0.2) is 6.03 Å². The molecule has 0 atom stereocenters. The van der Waals surface area contributed by atoms with Crippen LogP contribution in [0.4, 0.5) is 16.2 Å². The fourth-order valence-electron chi connectivity index (χ4n) is 1.48. The number of nitrogens with one attached hydrogen (secondary N) is 2. The van der Waals surface area contributed by atoms with Crippen LogP contribution in [0.15, 0.2) is 30.3 Å². The molecule has 21 heavy (non-hydrogen) atoms. The fraction of sp³-hybridized carbons (Fsp3) is 0. The number of urea groups is 1. The Labute approximate surface area is 146 Å². The van der Waals surface area contributed by atoms with Crippen molar-refractivity contribution in [2.75, 3.05) is 10.6 Å². The maximum absolute atomic E-state index is 11.9. The molecular formula is C13H7Cl5N2O. The number of rotatable bonds is 2. The van der Waals surface area contributed by atoms with Crippen LogP contribution in [0.5, 0.6) is 0 Å². The third-order valence-electron chi connectivity index (χ3n) is 2.44. The van der Waals surface area contributed by atoms with E-state index in [0.29, 0.717) is 26.4 Å². The van der Waals surface area contributed by atoms with Crippen molar-refractivity contribution in [1.29, 1.82) is 0 Å². The number of benzene rings is 2. The molecule has 2 aromatic rings. The van der Waals surface area contributed by atoms with Crippen LogP contribution in [0.2, 0.25) is 25.1 Å². The third-order valence-corrected chi connectivity index (χ3v) is 4.21. The zero-order valence-electron chi connectivity index (χ0n) is 10.2. The summed E-state index contributed by atoms with van der Waals surface area (Å²) in [6, 6.07) is 7.12. The molecule has 0 aliphatic heterocycles. The quantitative estimate of drug-likeness (QED) is 0.563. The molecule has 0 aliphatic rings. The molecule has 110 valence electrons. The Morgan fingerprint density at radius 2 is 1.33 bits per heavy atom. The highest BCUT2D eigenvalue weighted by molar-refractivity contribution is 6.44. The maximum atomic E-state index is 11.9. The number of hydrogen-bond acceptors (Lipinski definition) is 1. The summed E-state index contributed by atoms with van der Waals surface area (Å²) in [6.45, 7) is 0. The van der Waals surface area contributed by atoms with Crippen molar-refractivity contribution in [1.82, 2.24) is 0 Å². The van der Waals surface area contributed by atoms with E-state index in [0.717, 1.165) is 0 Å². The van der Waals surface area contributed by atoms with Crippen molar-refractivity contribution in [3.8, 4) is 0 Å². The van der Waals surface area contributed by atoms with Crippen LogP contribution in [-0.2, 0) is 0 Å². The molecule has 0 unspecified atom stereocenters. The second kappa shape index (κ2) is 6.95. The van der Waals surface area contributed by atoms with Gasteiger partial charge in [0.05, 0.1) is 30.8 Å². The van der Waals surface area contributed by atoms with Gasteiger partial charge in [0.25, 0.3) is 0 Å². The van der Waals surface area contributed by atoms with Crippen molar-refractivity contribution in [2.45, 2.75) is 0 Å². The van der Waals surface area contributed by atoms with Crippen LogP contribution in [0.3, 0.4) is 0 Å². The van der Waals surface area contributed by atoms with Gasteiger partial charge in [-0.1, -0.05) is 58.0 Å². The first kappa shape index (κ1) is 16.5. The van der Waals surface area contributed by atoms with Gasteiger partial charge in [0, 0.05) is 5.69 Å². The molecule has 0 radical (unpaired) electrons. The minimum Gasteiger partial charge on any atom is -0.308 e. The number of carbonyl (C=O) groups excluding carboxylic acids is 1. The van der Waals surface area contributed by atoms with Gasteiger partial charge in [0.1, 0.15) is 0 Å². The van der Waals surface area contributed by atoms with Gasteiger partial charge in [0.15, 0.2) is 0 Å². The molecule has 8 heteroatoms. The van der Waals surface area contributed by atoms with E-state index >= 15 is 0 Å². The first-order chi connectivity index (χ1) is 9.86. The zero-order valence-corrected chi connectivity index (χ0v) is 14.0. The molecule has 0 saturated carbocycles. The summed E-state index contributed by atoms with van der Waals surface area (Å²) < 4.78 is 0. The summed E-state index contributed by atoms with van der Waals surface area (Å²) in [7, 11) is 0. The van der Waals surface area contributed by atoms with Crippen molar-refractivity contribution in [2.24, 2.45) is 0 Å². The van der Waals surface area contributed by atoms with Crippen molar-refractivity contribution in [3.05, 3.63) is 55.4 Å². The van der Waals surface area contributed by atoms with E-state index in [9.17, 15) is 4.79 Å². The van der Waals surface area contributed by atoms with Gasteiger partial charge >= 0.3 is 6.03 Å². The Morgan fingerprint density at radius 3 is 2.00 bits per heavy atom. The molecule has 2 N–H and O–H groups in total. The van der Waals surface area contributed by atoms with E-state index in [4.69, 9.17) is 58.0 Å². The summed E-state index contributed by atoms with van der Waals surface area (Å²) in [5.74, 6) is 0. The van der Waals surface area contributed by atoms with E-state index in [1.54, 1.807) is 12.1 Å². The Bertz CT molecular complexity index is 705. The van der Waals surface area contributed by atoms with Crippen LogP contribution in [0.25, 0.3) is 0 Å². The molecule has 0 saturated heterocycles. The van der Waals surface area contributed by atoms with E-state index in [2.05, 4.69) is 10.6 Å². The average Bonchev–Trinajstić information content (AvgIpc) is 2.40. The maximum Gasteiger partial charge on any atom is 0.323 e. The molecule has 2 rings (SSSR count). The summed E-state index contributed by atoms with van der Waals surface area (Å²) in [6.07, 6.45) is 0. The van der Waals surface area contributed by atoms with Gasteiger partial charge in [-0.15, -0.1) is 0 Å². The lowest BCUT2D eigenvalue weighted by Gasteiger charge is -2.10. The highest BCUT2D eigenvalue weighted by Gasteiger charge is 2.10. The largest absolute Gasteiger partial charge is 0.323 e. The Balaban J connectivity index is 2.11. The second-order valence-electron chi connectivity index (χ2n) is 3.95. The Kier molecular flexibility index (Phi) is 5.47. The van der Waals surface area contributed by atoms with Gasteiger partial charge < -0.3 is 10.6 Å². The molecule has 0 fully saturated rings. The van der Waals surface area contributed by atoms with E-state index in [-0.39, 0.29) is 10.0 Å². The summed E-state index contributed by atoms with van der Waals surface area (Å²) in [5.41, 5.74) is 0.821. The molecule has 0 aliphatic carbocycles. The average molecular weight is 384 g/mol. The topological polar surface area (TPSA) is 41.1 Å². The highest BCUT2D eigenvalue weighted by atomic mass is 35.5. The highest BCUT2D eigenvalue weighted by Crippen LogP contribution is 2.32. The molecule has 3 nitrogen and oxygen atoms in total. The number of halogens is 5. The number of carbonyl (C=O) groups is 1. The lowest BCUT2D eigenvalue weighted by molar-refractivity contribution is 0.262. The first-order valence-corrected chi connectivity index (χ1v) is 7.43. The van der Waals surface area contributed by atoms with Gasteiger partial charge in [-0.2, -0.15) is 0 Å². The first-order valence-electron chi connectivity index (χ1n) is 5.54. The number of anilines is 2. The SMILES string of the molecule is O=C(Nc1ccc(Cl)c(Cl)c1)Nc1cc(Cl)c(Cl)cc1Cl. The van der Waals surface area contributed by atoms with Crippen molar-refractivity contribution in [3.63, 3.8) is 0 Å². The van der Waals surface area contributed by atoms with Crippen LogP contribution < -0.4 is 10.6 Å². The smallest absolute Gasteiger partial charge is 0.308 e. The van der Waals surface area contributed by atoms with E-state index in [1.807, 2.05) is 0 Å². The third kappa shape index (κ3) is 4.31. The van der Waals surface area contributed by atoms with E-state index < -0.39 is 6.03 Å². The number of hydrogen-bond donors (Lipinski definition) is 2. The lowest BCUT2D eigenvalue weighted by Crippen LogP contribution is -2.19. The summed E-state index contributed by atoms with van der Waals surface area (Å²) in [4.78, 5) is 11.9. The van der Waals surface area contributed by atoms with Gasteiger partial charge in [0.2, 0.25) is 0 Å². The molecular weight excluding hydrogens is 377 g/mol. The summed E-state index contributed by atoms with van der Waals surface area (Å²) in [5, 5.41) is 6.74. The van der Waals surface area contributed by atoms with E-state index in [1.165, 1.54) is 18.2 Å². The number of amides is 2. The predicted molar refractivity (Wildman–Crippen MR) is 90.6 cm³/mol. The standard InChI is InChI=1S/C13H7Cl5N2O/c14-7-2-1-6(3-8(7)15)19-13(21)20-12-5-10(17)9(16)4-11(12)18/h1-5H,(H2,19,20,21). The van der Waals surface area contributed by atoms with Crippen molar-refractivity contribution < 1.29 is 4.79 Å². The molecule has 2 amide bonds. The normalized spacial score (nSPS) is 10.3. The van der Waals surface area contributed by atoms with Crippen LogP contribution in [0, 0.1) is 0 Å². The van der Waals surface area contributed by atoms with Gasteiger partial charge in [-0.3, -0.25) is 0 Å². The molecule has 2 aromatic carbocycles. The predicted octanol–water partition coefficient (Wildman–Crippen LogP) is 6.60. The zero-order chi connectivity index (χ0) is 15.6. The van der Waals surface area contributed by atoms with Gasteiger partial charge in [-0.25, -0.2) is 4.79 Å².